The van der Waals surface area contributed by atoms with E-state index in [4.69, 9.17) is 4.74 Å². The van der Waals surface area contributed by atoms with Crippen LogP contribution in [0.15, 0.2) is 12.4 Å². The predicted molar refractivity (Wildman–Crippen MR) is 71.9 cm³/mol. The zero-order valence-electron chi connectivity index (χ0n) is 10.9. The molecule has 0 saturated carbocycles. The van der Waals surface area contributed by atoms with Crippen molar-refractivity contribution in [2.75, 3.05) is 18.4 Å². The number of morpholine rings is 1. The topological polar surface area (TPSA) is 47.4 Å². The summed E-state index contributed by atoms with van der Waals surface area (Å²) in [5.74, 6) is 0.0189. The van der Waals surface area contributed by atoms with Gasteiger partial charge in [-0.05, 0) is 13.8 Å². The minimum atomic E-state index is -0.311. The van der Waals surface area contributed by atoms with Gasteiger partial charge < -0.3 is 9.64 Å². The first-order chi connectivity index (χ1) is 8.41. The second-order valence-corrected chi connectivity index (χ2v) is 5.89. The maximum absolute atomic E-state index is 12.4. The van der Waals surface area contributed by atoms with Gasteiger partial charge >= 0.3 is 0 Å². The summed E-state index contributed by atoms with van der Waals surface area (Å²) in [7, 11) is 1.81. The Morgan fingerprint density at radius 2 is 2.39 bits per heavy atom. The fourth-order valence-corrected chi connectivity index (χ4v) is 2.58. The Balaban J connectivity index is 2.14. The fourth-order valence-electron chi connectivity index (χ4n) is 2.24. The number of carbonyl (C=O) groups excluding carboxylic acids is 1. The highest BCUT2D eigenvalue weighted by Crippen LogP contribution is 2.23. The van der Waals surface area contributed by atoms with E-state index in [-0.39, 0.29) is 17.6 Å². The maximum Gasteiger partial charge on any atom is 0.257 e. The van der Waals surface area contributed by atoms with Gasteiger partial charge in [-0.3, -0.25) is 9.48 Å². The highest BCUT2D eigenvalue weighted by atomic mass is 79.9. The number of rotatable bonds is 2. The van der Waals surface area contributed by atoms with Crippen LogP contribution in [0.5, 0.6) is 0 Å². The van der Waals surface area contributed by atoms with Crippen LogP contribution in [0.1, 0.15) is 24.2 Å². The van der Waals surface area contributed by atoms with Gasteiger partial charge in [0.15, 0.2) is 0 Å². The monoisotopic (exact) mass is 315 g/mol. The van der Waals surface area contributed by atoms with Crippen molar-refractivity contribution in [3.05, 3.63) is 18.0 Å². The standard InChI is InChI=1S/C12H18BrN3O2/c1-12(2)8-16(7-10(4-13)18-12)11(17)9-5-14-15(3)6-9/h5-6,10H,4,7-8H2,1-3H3. The van der Waals surface area contributed by atoms with Crippen LogP contribution in [0.4, 0.5) is 0 Å². The Labute approximate surface area is 115 Å². The molecule has 5 nitrogen and oxygen atoms in total. The molecule has 6 heteroatoms. The summed E-state index contributed by atoms with van der Waals surface area (Å²) in [5, 5.41) is 4.77. The maximum atomic E-state index is 12.4. The Morgan fingerprint density at radius 3 is 2.94 bits per heavy atom. The molecule has 1 aromatic heterocycles. The highest BCUT2D eigenvalue weighted by Gasteiger charge is 2.35. The van der Waals surface area contributed by atoms with E-state index in [1.165, 1.54) is 0 Å². The first-order valence-corrected chi connectivity index (χ1v) is 7.05. The Hall–Kier alpha value is -0.880. The van der Waals surface area contributed by atoms with Gasteiger partial charge in [0.1, 0.15) is 0 Å². The summed E-state index contributed by atoms with van der Waals surface area (Å²) in [6, 6.07) is 0. The minimum absolute atomic E-state index is 0.0189. The highest BCUT2D eigenvalue weighted by molar-refractivity contribution is 9.09. The van der Waals surface area contributed by atoms with Gasteiger partial charge in [0.2, 0.25) is 0 Å². The van der Waals surface area contributed by atoms with Crippen molar-refractivity contribution in [3.8, 4) is 0 Å². The van der Waals surface area contributed by atoms with Gasteiger partial charge in [-0.2, -0.15) is 5.10 Å². The fraction of sp³-hybridized carbons (Fsp3) is 0.667. The first-order valence-electron chi connectivity index (χ1n) is 5.93. The number of hydrogen-bond donors (Lipinski definition) is 0. The molecule has 0 radical (unpaired) electrons. The molecule has 0 aromatic carbocycles. The van der Waals surface area contributed by atoms with Crippen LogP contribution in [0, 0.1) is 0 Å². The number of aromatic nitrogens is 2. The van der Waals surface area contributed by atoms with Crippen LogP contribution >= 0.6 is 15.9 Å². The molecule has 1 fully saturated rings. The number of ether oxygens (including phenoxy) is 1. The average molecular weight is 316 g/mol. The molecule has 100 valence electrons. The van der Waals surface area contributed by atoms with Crippen molar-refractivity contribution < 1.29 is 9.53 Å². The number of nitrogens with zero attached hydrogens (tertiary/aromatic N) is 3. The van der Waals surface area contributed by atoms with Crippen molar-refractivity contribution in [2.45, 2.75) is 25.6 Å². The van der Waals surface area contributed by atoms with E-state index in [9.17, 15) is 4.79 Å². The molecule has 0 aliphatic carbocycles. The molecule has 2 rings (SSSR count). The lowest BCUT2D eigenvalue weighted by molar-refractivity contribution is -0.116. The number of alkyl halides is 1. The van der Waals surface area contributed by atoms with E-state index < -0.39 is 0 Å². The summed E-state index contributed by atoms with van der Waals surface area (Å²) in [6.45, 7) is 5.23. The lowest BCUT2D eigenvalue weighted by Crippen LogP contribution is -2.55. The third-order valence-corrected chi connectivity index (χ3v) is 3.61. The summed E-state index contributed by atoms with van der Waals surface area (Å²) >= 11 is 3.42. The molecule has 1 aliphatic rings. The van der Waals surface area contributed by atoms with Crippen LogP contribution in [0.25, 0.3) is 0 Å². The molecule has 2 heterocycles. The van der Waals surface area contributed by atoms with E-state index in [1.54, 1.807) is 24.1 Å². The van der Waals surface area contributed by atoms with Crippen LogP contribution < -0.4 is 0 Å². The van der Waals surface area contributed by atoms with Crippen molar-refractivity contribution in [3.63, 3.8) is 0 Å². The van der Waals surface area contributed by atoms with Crippen molar-refractivity contribution in [1.82, 2.24) is 14.7 Å². The SMILES string of the molecule is Cn1cc(C(=O)N2CC(CBr)OC(C)(C)C2)cn1. The molecule has 1 unspecified atom stereocenters. The average Bonchev–Trinajstić information content (AvgIpc) is 2.72. The largest absolute Gasteiger partial charge is 0.368 e. The number of amides is 1. The summed E-state index contributed by atoms with van der Waals surface area (Å²) in [5.41, 5.74) is 0.317. The van der Waals surface area contributed by atoms with Gasteiger partial charge in [0, 0.05) is 31.7 Å². The molecule has 1 amide bonds. The van der Waals surface area contributed by atoms with Crippen molar-refractivity contribution >= 4 is 21.8 Å². The van der Waals surface area contributed by atoms with Crippen LogP contribution in [0.2, 0.25) is 0 Å². The van der Waals surface area contributed by atoms with Crippen molar-refractivity contribution in [2.24, 2.45) is 7.05 Å². The van der Waals surface area contributed by atoms with Crippen LogP contribution in [0.3, 0.4) is 0 Å². The van der Waals surface area contributed by atoms with Gasteiger partial charge in [-0.1, -0.05) is 15.9 Å². The van der Waals surface area contributed by atoms with Gasteiger partial charge in [-0.25, -0.2) is 0 Å². The molecule has 1 aromatic rings. The summed E-state index contributed by atoms with van der Waals surface area (Å²) < 4.78 is 7.52. The molecule has 0 N–H and O–H groups in total. The lowest BCUT2D eigenvalue weighted by atomic mass is 10.0. The van der Waals surface area contributed by atoms with Crippen LogP contribution in [-0.2, 0) is 11.8 Å². The second kappa shape index (κ2) is 5.01. The molecule has 0 spiro atoms. The molecule has 1 aliphatic heterocycles. The lowest BCUT2D eigenvalue weighted by Gasteiger charge is -2.42. The first kappa shape index (κ1) is 13.5. The van der Waals surface area contributed by atoms with Gasteiger partial charge in [0.25, 0.3) is 5.91 Å². The van der Waals surface area contributed by atoms with Gasteiger partial charge in [0.05, 0.1) is 23.5 Å². The predicted octanol–water partition coefficient (Wildman–Crippen LogP) is 1.43. The number of halogens is 1. The minimum Gasteiger partial charge on any atom is -0.368 e. The van der Waals surface area contributed by atoms with E-state index in [0.717, 1.165) is 5.33 Å². The molecule has 1 atom stereocenters. The molecular formula is C12H18BrN3O2. The molecular weight excluding hydrogens is 298 g/mol. The Morgan fingerprint density at radius 1 is 1.67 bits per heavy atom. The summed E-state index contributed by atoms with van der Waals surface area (Å²) in [4.78, 5) is 14.2. The second-order valence-electron chi connectivity index (χ2n) is 5.24. The normalized spacial score (nSPS) is 23.1. The van der Waals surface area contributed by atoms with E-state index in [1.807, 2.05) is 18.7 Å². The molecule has 1 saturated heterocycles. The smallest absolute Gasteiger partial charge is 0.257 e. The number of hydrogen-bond acceptors (Lipinski definition) is 3. The number of carbonyl (C=O) groups is 1. The van der Waals surface area contributed by atoms with Crippen LogP contribution in [-0.4, -0.2) is 50.7 Å². The molecule has 0 bridgehead atoms. The van der Waals surface area contributed by atoms with Gasteiger partial charge in [-0.15, -0.1) is 0 Å². The Kier molecular flexibility index (Phi) is 3.77. The third kappa shape index (κ3) is 2.92. The zero-order chi connectivity index (χ0) is 13.3. The third-order valence-electron chi connectivity index (χ3n) is 2.89. The van der Waals surface area contributed by atoms with E-state index in [0.29, 0.717) is 18.7 Å². The van der Waals surface area contributed by atoms with E-state index >= 15 is 0 Å². The number of aryl methyl sites for hydroxylation is 1. The summed E-state index contributed by atoms with van der Waals surface area (Å²) in [6.07, 6.45) is 3.39. The van der Waals surface area contributed by atoms with Crippen molar-refractivity contribution in [1.29, 1.82) is 0 Å². The quantitative estimate of drug-likeness (QED) is 0.776. The van der Waals surface area contributed by atoms with E-state index in [2.05, 4.69) is 21.0 Å². The molecule has 18 heavy (non-hydrogen) atoms. The zero-order valence-corrected chi connectivity index (χ0v) is 12.5. The Bertz CT molecular complexity index is 444.